The Labute approximate surface area is 155 Å². The molecule has 1 amide bonds. The smallest absolute Gasteiger partial charge is 0.322 e. The van der Waals surface area contributed by atoms with Crippen LogP contribution in [0.15, 0.2) is 48.5 Å². The Morgan fingerprint density at radius 1 is 0.852 bits per heavy atom. The summed E-state index contributed by atoms with van der Waals surface area (Å²) in [4.78, 5) is 14.1. The van der Waals surface area contributed by atoms with Crippen molar-refractivity contribution in [2.75, 3.05) is 12.3 Å². The number of rotatable bonds is 2. The first-order valence-electron chi connectivity index (χ1n) is 7.84. The van der Waals surface area contributed by atoms with E-state index in [-0.39, 0.29) is 5.56 Å². The van der Waals surface area contributed by atoms with E-state index in [0.717, 1.165) is 36.4 Å². The van der Waals surface area contributed by atoms with Gasteiger partial charge in [-0.15, -0.1) is 11.8 Å². The molecule has 27 heavy (non-hydrogen) atoms. The maximum absolute atomic E-state index is 12.7. The van der Waals surface area contributed by atoms with E-state index in [1.165, 1.54) is 28.8 Å². The van der Waals surface area contributed by atoms with Gasteiger partial charge >= 0.3 is 12.4 Å². The summed E-state index contributed by atoms with van der Waals surface area (Å²) in [5.74, 6) is 0.122. The molecule has 2 aromatic rings. The van der Waals surface area contributed by atoms with E-state index in [1.807, 2.05) is 0 Å². The van der Waals surface area contributed by atoms with Crippen LogP contribution < -0.4 is 0 Å². The van der Waals surface area contributed by atoms with Crippen LogP contribution in [0.3, 0.4) is 0 Å². The summed E-state index contributed by atoms with van der Waals surface area (Å²) < 4.78 is 76.0. The third-order valence-electron chi connectivity index (χ3n) is 4.13. The number of carbonyl (C=O) groups excluding carboxylic acids is 1. The quantitative estimate of drug-likeness (QED) is 0.605. The van der Waals surface area contributed by atoms with Crippen LogP contribution in [0.1, 0.15) is 32.4 Å². The van der Waals surface area contributed by atoms with Crippen LogP contribution in [-0.4, -0.2) is 23.1 Å². The number of carbonyl (C=O) groups is 1. The lowest BCUT2D eigenvalue weighted by Crippen LogP contribution is -2.30. The first-order chi connectivity index (χ1) is 12.6. The number of amides is 1. The molecule has 0 radical (unpaired) electrons. The van der Waals surface area contributed by atoms with Crippen molar-refractivity contribution < 1.29 is 31.1 Å². The number of thioether (sulfide) groups is 1. The fourth-order valence-corrected chi connectivity index (χ4v) is 4.01. The molecule has 2 nitrogen and oxygen atoms in total. The monoisotopic (exact) mass is 405 g/mol. The molecule has 1 aliphatic heterocycles. The Kier molecular flexibility index (Phi) is 5.16. The molecule has 144 valence electrons. The highest BCUT2D eigenvalue weighted by molar-refractivity contribution is 7.99. The molecule has 1 heterocycles. The van der Waals surface area contributed by atoms with Crippen molar-refractivity contribution in [3.8, 4) is 0 Å². The average molecular weight is 405 g/mol. The summed E-state index contributed by atoms with van der Waals surface area (Å²) >= 11 is 1.39. The van der Waals surface area contributed by atoms with Gasteiger partial charge in [0.05, 0.1) is 11.1 Å². The topological polar surface area (TPSA) is 20.3 Å². The molecule has 2 aromatic carbocycles. The largest absolute Gasteiger partial charge is 0.416 e. The van der Waals surface area contributed by atoms with E-state index >= 15 is 0 Å². The zero-order valence-corrected chi connectivity index (χ0v) is 14.5. The number of hydrogen-bond acceptors (Lipinski definition) is 2. The van der Waals surface area contributed by atoms with Crippen LogP contribution in [0.4, 0.5) is 26.3 Å². The molecule has 9 heteroatoms. The zero-order valence-electron chi connectivity index (χ0n) is 13.6. The van der Waals surface area contributed by atoms with Crippen LogP contribution in [0, 0.1) is 0 Å². The van der Waals surface area contributed by atoms with Gasteiger partial charge in [0.1, 0.15) is 5.37 Å². The highest BCUT2D eigenvalue weighted by atomic mass is 32.2. The van der Waals surface area contributed by atoms with Gasteiger partial charge in [-0.05, 0) is 42.0 Å². The molecule has 0 aliphatic carbocycles. The summed E-state index contributed by atoms with van der Waals surface area (Å²) in [6.45, 7) is 0.357. The lowest BCUT2D eigenvalue weighted by molar-refractivity contribution is -0.138. The van der Waals surface area contributed by atoms with E-state index in [2.05, 4.69) is 0 Å². The standard InChI is InChI=1S/C18H13F6NOS/c19-17(20,21)13-5-1-11(2-6-13)15(26)25-9-10-27-16(25)12-3-7-14(8-4-12)18(22,23)24/h1-8,16H,9-10H2/t16-/m0/s1. The molecule has 1 fully saturated rings. The number of benzene rings is 2. The lowest BCUT2D eigenvalue weighted by atomic mass is 10.1. The molecule has 0 aromatic heterocycles. The minimum atomic E-state index is -4.49. The van der Waals surface area contributed by atoms with E-state index < -0.39 is 34.8 Å². The first-order valence-corrected chi connectivity index (χ1v) is 8.89. The average Bonchev–Trinajstić information content (AvgIpc) is 3.09. The summed E-state index contributed by atoms with van der Waals surface area (Å²) in [7, 11) is 0. The van der Waals surface area contributed by atoms with Gasteiger partial charge in [-0.2, -0.15) is 26.3 Å². The molecular weight excluding hydrogens is 392 g/mol. The SMILES string of the molecule is O=C(c1ccc(C(F)(F)F)cc1)N1CCS[C@H]1c1ccc(C(F)(F)F)cc1. The van der Waals surface area contributed by atoms with Gasteiger partial charge in [0.25, 0.3) is 5.91 Å². The summed E-state index contributed by atoms with van der Waals surface area (Å²) in [5, 5.41) is -0.484. The number of alkyl halides is 6. The van der Waals surface area contributed by atoms with Crippen molar-refractivity contribution in [1.82, 2.24) is 4.90 Å². The van der Waals surface area contributed by atoms with E-state index in [0.29, 0.717) is 17.9 Å². The minimum absolute atomic E-state index is 0.0995. The van der Waals surface area contributed by atoms with E-state index in [4.69, 9.17) is 0 Å². The summed E-state index contributed by atoms with van der Waals surface area (Å²) in [6.07, 6.45) is -8.94. The maximum atomic E-state index is 12.7. The van der Waals surface area contributed by atoms with Gasteiger partial charge in [0, 0.05) is 17.9 Å². The molecule has 0 N–H and O–H groups in total. The molecule has 0 saturated carbocycles. The van der Waals surface area contributed by atoms with Gasteiger partial charge in [0.2, 0.25) is 0 Å². The Balaban J connectivity index is 1.80. The molecule has 3 rings (SSSR count). The minimum Gasteiger partial charge on any atom is -0.322 e. The first kappa shape index (κ1) is 19.6. The second kappa shape index (κ2) is 7.10. The van der Waals surface area contributed by atoms with E-state index in [1.54, 1.807) is 0 Å². The van der Waals surface area contributed by atoms with Crippen molar-refractivity contribution in [2.45, 2.75) is 17.7 Å². The van der Waals surface area contributed by atoms with Crippen LogP contribution in [0.25, 0.3) is 0 Å². The Morgan fingerprint density at radius 2 is 1.33 bits per heavy atom. The molecule has 1 aliphatic rings. The highest BCUT2D eigenvalue weighted by Crippen LogP contribution is 2.40. The molecular formula is C18H13F6NOS. The normalized spacial score (nSPS) is 18.0. The lowest BCUT2D eigenvalue weighted by Gasteiger charge is -2.24. The third-order valence-corrected chi connectivity index (χ3v) is 5.39. The summed E-state index contributed by atoms with van der Waals surface area (Å²) in [6, 6.07) is 8.44. The van der Waals surface area contributed by atoms with Crippen molar-refractivity contribution in [1.29, 1.82) is 0 Å². The fourth-order valence-electron chi connectivity index (χ4n) is 2.76. The summed E-state index contributed by atoms with van der Waals surface area (Å²) in [5.41, 5.74) is -1.00. The second-order valence-electron chi connectivity index (χ2n) is 5.92. The van der Waals surface area contributed by atoms with Crippen molar-refractivity contribution in [3.63, 3.8) is 0 Å². The number of nitrogens with zero attached hydrogens (tertiary/aromatic N) is 1. The van der Waals surface area contributed by atoms with Gasteiger partial charge in [-0.25, -0.2) is 0 Å². The van der Waals surface area contributed by atoms with Crippen molar-refractivity contribution >= 4 is 17.7 Å². The van der Waals surface area contributed by atoms with Crippen molar-refractivity contribution in [2.24, 2.45) is 0 Å². The van der Waals surface area contributed by atoms with Gasteiger partial charge in [-0.1, -0.05) is 12.1 Å². The van der Waals surface area contributed by atoms with Crippen LogP contribution in [-0.2, 0) is 12.4 Å². The van der Waals surface area contributed by atoms with Crippen molar-refractivity contribution in [3.05, 3.63) is 70.8 Å². The van der Waals surface area contributed by atoms with Crippen LogP contribution >= 0.6 is 11.8 Å². The second-order valence-corrected chi connectivity index (χ2v) is 7.10. The third kappa shape index (κ3) is 4.23. The Bertz CT molecular complexity index is 814. The number of hydrogen-bond donors (Lipinski definition) is 0. The molecule has 0 spiro atoms. The van der Waals surface area contributed by atoms with Gasteiger partial charge < -0.3 is 4.90 Å². The van der Waals surface area contributed by atoms with E-state index in [9.17, 15) is 31.1 Å². The van der Waals surface area contributed by atoms with Crippen LogP contribution in [0.2, 0.25) is 0 Å². The molecule has 0 unspecified atom stereocenters. The van der Waals surface area contributed by atoms with Crippen LogP contribution in [0.5, 0.6) is 0 Å². The predicted octanol–water partition coefficient (Wildman–Crippen LogP) is 5.61. The molecule has 1 saturated heterocycles. The highest BCUT2D eigenvalue weighted by Gasteiger charge is 2.34. The maximum Gasteiger partial charge on any atom is 0.416 e. The Morgan fingerprint density at radius 3 is 1.81 bits per heavy atom. The molecule has 1 atom stereocenters. The van der Waals surface area contributed by atoms with Gasteiger partial charge in [-0.3, -0.25) is 4.79 Å². The number of halogens is 6. The zero-order chi connectivity index (χ0) is 19.8. The molecule has 0 bridgehead atoms. The fraction of sp³-hybridized carbons (Fsp3) is 0.278. The predicted molar refractivity (Wildman–Crippen MR) is 89.1 cm³/mol. The Hall–Kier alpha value is -2.16. The van der Waals surface area contributed by atoms with Gasteiger partial charge in [0.15, 0.2) is 0 Å².